The van der Waals surface area contributed by atoms with Gasteiger partial charge in [-0.15, -0.1) is 0 Å². The van der Waals surface area contributed by atoms with Crippen molar-refractivity contribution in [2.75, 3.05) is 13.1 Å². The predicted octanol–water partition coefficient (Wildman–Crippen LogP) is 1.90. The third-order valence-corrected chi connectivity index (χ3v) is 3.61. The normalized spacial score (nSPS) is 10.1. The molecule has 2 amide bonds. The van der Waals surface area contributed by atoms with Crippen molar-refractivity contribution in [2.45, 2.75) is 19.8 Å². The van der Waals surface area contributed by atoms with E-state index in [2.05, 4.69) is 15.6 Å². The van der Waals surface area contributed by atoms with Gasteiger partial charge >= 0.3 is 0 Å². The number of Topliss-reactive ketones (excluding diaryl/α,β-unsaturated/α-hetero) is 1. The minimum Gasteiger partial charge on any atom is -0.354 e. The average Bonchev–Trinajstić information content (AvgIpc) is 2.64. The van der Waals surface area contributed by atoms with Crippen LogP contribution in [0, 0.1) is 6.92 Å². The fourth-order valence-electron chi connectivity index (χ4n) is 2.18. The highest BCUT2D eigenvalue weighted by atomic mass is 16.2. The maximum absolute atomic E-state index is 12.0. The van der Waals surface area contributed by atoms with Gasteiger partial charge in [0.1, 0.15) is 0 Å². The molecule has 0 aliphatic rings. The largest absolute Gasteiger partial charge is 0.354 e. The minimum atomic E-state index is -0.239. The third kappa shape index (κ3) is 6.18. The first-order valence-corrected chi connectivity index (χ1v) is 8.11. The lowest BCUT2D eigenvalue weighted by Crippen LogP contribution is -2.34. The molecule has 2 N–H and O–H groups in total. The topological polar surface area (TPSA) is 88.2 Å². The number of carbonyl (C=O) groups is 3. The Morgan fingerprint density at radius 3 is 2.32 bits per heavy atom. The molecule has 1 aromatic heterocycles. The number of aryl methyl sites for hydroxylation is 1. The van der Waals surface area contributed by atoms with Crippen LogP contribution in [0.3, 0.4) is 0 Å². The molecule has 0 saturated carbocycles. The zero-order valence-corrected chi connectivity index (χ0v) is 14.1. The molecule has 2 aromatic rings. The van der Waals surface area contributed by atoms with E-state index in [0.717, 1.165) is 5.56 Å². The van der Waals surface area contributed by atoms with E-state index in [1.807, 2.05) is 19.1 Å². The number of pyridine rings is 1. The number of aromatic nitrogens is 1. The Hall–Kier alpha value is -3.02. The Bertz CT molecular complexity index is 727. The Morgan fingerprint density at radius 1 is 0.920 bits per heavy atom. The maximum atomic E-state index is 12.0. The van der Waals surface area contributed by atoms with Gasteiger partial charge in [-0.05, 0) is 19.1 Å². The quantitative estimate of drug-likeness (QED) is 0.568. The average molecular weight is 339 g/mol. The second-order valence-corrected chi connectivity index (χ2v) is 5.64. The summed E-state index contributed by atoms with van der Waals surface area (Å²) in [7, 11) is 0. The molecule has 0 aliphatic heterocycles. The number of rotatable bonds is 8. The van der Waals surface area contributed by atoms with Crippen LogP contribution in [-0.2, 0) is 4.79 Å². The van der Waals surface area contributed by atoms with Gasteiger partial charge < -0.3 is 10.6 Å². The lowest BCUT2D eigenvalue weighted by Gasteiger charge is -2.07. The first-order chi connectivity index (χ1) is 12.1. The van der Waals surface area contributed by atoms with Crippen molar-refractivity contribution in [1.82, 2.24) is 15.6 Å². The van der Waals surface area contributed by atoms with E-state index in [9.17, 15) is 14.4 Å². The van der Waals surface area contributed by atoms with Crippen molar-refractivity contribution in [1.29, 1.82) is 0 Å². The molecule has 0 aliphatic carbocycles. The van der Waals surface area contributed by atoms with Crippen LogP contribution in [-0.4, -0.2) is 35.7 Å². The Labute approximate surface area is 146 Å². The second-order valence-electron chi connectivity index (χ2n) is 5.64. The highest BCUT2D eigenvalue weighted by Gasteiger charge is 2.09. The van der Waals surface area contributed by atoms with Gasteiger partial charge in [-0.1, -0.05) is 29.8 Å². The summed E-state index contributed by atoms with van der Waals surface area (Å²) in [6.45, 7) is 2.57. The van der Waals surface area contributed by atoms with Gasteiger partial charge in [-0.3, -0.25) is 19.4 Å². The molecule has 1 heterocycles. The van der Waals surface area contributed by atoms with Gasteiger partial charge in [0.2, 0.25) is 5.91 Å². The van der Waals surface area contributed by atoms with E-state index in [1.165, 1.54) is 6.20 Å². The monoisotopic (exact) mass is 339 g/mol. The van der Waals surface area contributed by atoms with E-state index >= 15 is 0 Å². The molecule has 0 atom stereocenters. The number of benzene rings is 1. The molecule has 0 radical (unpaired) electrons. The van der Waals surface area contributed by atoms with Gasteiger partial charge in [0, 0.05) is 43.9 Å². The lowest BCUT2D eigenvalue weighted by atomic mass is 10.1. The van der Waals surface area contributed by atoms with Crippen molar-refractivity contribution >= 4 is 17.6 Å². The summed E-state index contributed by atoms with van der Waals surface area (Å²) in [5, 5.41) is 5.37. The van der Waals surface area contributed by atoms with Gasteiger partial charge in [-0.25, -0.2) is 0 Å². The number of hydrogen-bond donors (Lipinski definition) is 2. The van der Waals surface area contributed by atoms with Gasteiger partial charge in [0.15, 0.2) is 5.78 Å². The standard InChI is InChI=1S/C19H21N3O3/c1-14-4-6-15(7-5-14)17(23)8-9-18(24)21-11-12-22-19(25)16-3-2-10-20-13-16/h2-7,10,13H,8-9,11-12H2,1H3,(H,21,24)(H,22,25). The zero-order chi connectivity index (χ0) is 18.1. The van der Waals surface area contributed by atoms with Crippen LogP contribution in [0.25, 0.3) is 0 Å². The Balaban J connectivity index is 1.63. The van der Waals surface area contributed by atoms with Crippen LogP contribution in [0.1, 0.15) is 39.1 Å². The smallest absolute Gasteiger partial charge is 0.252 e. The van der Waals surface area contributed by atoms with Crippen molar-refractivity contribution in [3.63, 3.8) is 0 Å². The first kappa shape index (κ1) is 18.3. The summed E-state index contributed by atoms with van der Waals surface area (Å²) in [6, 6.07) is 10.6. The third-order valence-electron chi connectivity index (χ3n) is 3.61. The van der Waals surface area contributed by atoms with E-state index in [4.69, 9.17) is 0 Å². The van der Waals surface area contributed by atoms with Crippen molar-refractivity contribution in [3.8, 4) is 0 Å². The number of ketones is 1. The molecular weight excluding hydrogens is 318 g/mol. The summed E-state index contributed by atoms with van der Waals surface area (Å²) in [6.07, 6.45) is 3.36. The number of hydrogen-bond acceptors (Lipinski definition) is 4. The molecule has 1 aromatic carbocycles. The summed E-state index contributed by atoms with van der Waals surface area (Å²) in [4.78, 5) is 39.4. The summed E-state index contributed by atoms with van der Waals surface area (Å²) >= 11 is 0. The molecule has 0 unspecified atom stereocenters. The minimum absolute atomic E-state index is 0.0555. The molecule has 6 heteroatoms. The molecule has 130 valence electrons. The maximum Gasteiger partial charge on any atom is 0.252 e. The van der Waals surface area contributed by atoms with Gasteiger partial charge in [0.05, 0.1) is 5.56 Å². The highest BCUT2D eigenvalue weighted by Crippen LogP contribution is 2.07. The van der Waals surface area contributed by atoms with Gasteiger partial charge in [0.25, 0.3) is 5.91 Å². The van der Waals surface area contributed by atoms with Crippen molar-refractivity contribution < 1.29 is 14.4 Å². The van der Waals surface area contributed by atoms with Crippen LogP contribution >= 0.6 is 0 Å². The summed E-state index contributed by atoms with van der Waals surface area (Å²) in [5.74, 6) is -0.506. The first-order valence-electron chi connectivity index (χ1n) is 8.11. The van der Waals surface area contributed by atoms with Crippen LogP contribution in [0.5, 0.6) is 0 Å². The Morgan fingerprint density at radius 2 is 1.64 bits per heavy atom. The van der Waals surface area contributed by atoms with E-state index in [-0.39, 0.29) is 30.4 Å². The highest BCUT2D eigenvalue weighted by molar-refractivity contribution is 5.98. The fraction of sp³-hybridized carbons (Fsp3) is 0.263. The van der Waals surface area contributed by atoms with Crippen LogP contribution in [0.4, 0.5) is 0 Å². The van der Waals surface area contributed by atoms with Crippen LogP contribution < -0.4 is 10.6 Å². The van der Waals surface area contributed by atoms with Crippen molar-refractivity contribution in [2.24, 2.45) is 0 Å². The molecular formula is C19H21N3O3. The number of nitrogens with one attached hydrogen (secondary N) is 2. The number of carbonyl (C=O) groups excluding carboxylic acids is 3. The Kier molecular flexibility index (Phi) is 6.83. The SMILES string of the molecule is Cc1ccc(C(=O)CCC(=O)NCCNC(=O)c2cccnc2)cc1. The molecule has 0 fully saturated rings. The van der Waals surface area contributed by atoms with E-state index < -0.39 is 0 Å². The molecule has 2 rings (SSSR count). The number of nitrogens with zero attached hydrogens (tertiary/aromatic N) is 1. The fourth-order valence-corrected chi connectivity index (χ4v) is 2.18. The zero-order valence-electron chi connectivity index (χ0n) is 14.1. The molecule has 0 spiro atoms. The molecule has 0 saturated heterocycles. The van der Waals surface area contributed by atoms with Crippen molar-refractivity contribution in [3.05, 3.63) is 65.5 Å². The van der Waals surface area contributed by atoms with Crippen LogP contribution in [0.15, 0.2) is 48.8 Å². The molecule has 0 bridgehead atoms. The second kappa shape index (κ2) is 9.32. The summed E-state index contributed by atoms with van der Waals surface area (Å²) < 4.78 is 0. The van der Waals surface area contributed by atoms with Gasteiger partial charge in [-0.2, -0.15) is 0 Å². The lowest BCUT2D eigenvalue weighted by molar-refractivity contribution is -0.121. The molecule has 25 heavy (non-hydrogen) atoms. The van der Waals surface area contributed by atoms with E-state index in [1.54, 1.807) is 30.5 Å². The van der Waals surface area contributed by atoms with Crippen LogP contribution in [0.2, 0.25) is 0 Å². The van der Waals surface area contributed by atoms with E-state index in [0.29, 0.717) is 24.2 Å². The molecule has 6 nitrogen and oxygen atoms in total. The number of amides is 2. The predicted molar refractivity (Wildman–Crippen MR) is 94.3 cm³/mol. The summed E-state index contributed by atoms with van der Waals surface area (Å²) in [5.41, 5.74) is 2.17.